The zero-order valence-corrected chi connectivity index (χ0v) is 24.9. The third-order valence-corrected chi connectivity index (χ3v) is 7.40. The summed E-state index contributed by atoms with van der Waals surface area (Å²) >= 11 is 1.62. The summed E-state index contributed by atoms with van der Waals surface area (Å²) in [5.41, 5.74) is 2.96. The lowest BCUT2D eigenvalue weighted by atomic mass is 10.1. The highest BCUT2D eigenvalue weighted by atomic mass is 32.2. The minimum Gasteiger partial charge on any atom is -0.465 e. The van der Waals surface area contributed by atoms with Gasteiger partial charge in [-0.2, -0.15) is 0 Å². The predicted octanol–water partition coefficient (Wildman–Crippen LogP) is 7.84. The lowest BCUT2D eigenvalue weighted by Gasteiger charge is -2.27. The van der Waals surface area contributed by atoms with Gasteiger partial charge in [0, 0.05) is 18.8 Å². The number of amides is 1. The van der Waals surface area contributed by atoms with Crippen LogP contribution in [0.25, 0.3) is 0 Å². The minimum atomic E-state index is -0.507. The number of nitrogens with zero attached hydrogens (tertiary/aromatic N) is 1. The molecular weight excluding hydrogens is 494 g/mol. The summed E-state index contributed by atoms with van der Waals surface area (Å²) in [5, 5.41) is -0.253. The Morgan fingerprint density at radius 2 is 1.50 bits per heavy atom. The van der Waals surface area contributed by atoms with Gasteiger partial charge in [0.05, 0.1) is 6.61 Å². The molecule has 0 aliphatic heterocycles. The fourth-order valence-electron chi connectivity index (χ4n) is 4.06. The average Bonchev–Trinajstić information content (AvgIpc) is 2.88. The number of unbranched alkanes of at least 4 members (excludes halogenated alkanes) is 4. The normalized spacial score (nSPS) is 12.1. The van der Waals surface area contributed by atoms with E-state index >= 15 is 0 Å². The van der Waals surface area contributed by atoms with E-state index in [0.717, 1.165) is 42.7 Å². The predicted molar refractivity (Wildman–Crippen MR) is 159 cm³/mol. The van der Waals surface area contributed by atoms with Crippen LogP contribution in [0.4, 0.5) is 4.79 Å². The molecule has 0 aliphatic rings. The molecule has 2 aromatic carbocycles. The van der Waals surface area contributed by atoms with Gasteiger partial charge < -0.3 is 14.4 Å². The second kappa shape index (κ2) is 17.2. The fraction of sp³-hybridized carbons (Fsp3) is 0.562. The molecule has 0 N–H and O–H groups in total. The van der Waals surface area contributed by atoms with Crippen LogP contribution in [0.1, 0.15) is 83.4 Å². The first-order valence-electron chi connectivity index (χ1n) is 14.1. The number of rotatable bonds is 16. The molecule has 1 unspecified atom stereocenters. The van der Waals surface area contributed by atoms with Crippen LogP contribution in [0.15, 0.2) is 54.6 Å². The lowest BCUT2D eigenvalue weighted by Crippen LogP contribution is -2.38. The van der Waals surface area contributed by atoms with Crippen LogP contribution in [0.2, 0.25) is 0 Å². The van der Waals surface area contributed by atoms with Gasteiger partial charge in [-0.25, -0.2) is 4.79 Å². The number of hydrogen-bond acceptors (Lipinski definition) is 5. The van der Waals surface area contributed by atoms with Gasteiger partial charge in [-0.05, 0) is 63.6 Å². The van der Waals surface area contributed by atoms with Crippen molar-refractivity contribution < 1.29 is 19.1 Å². The highest BCUT2D eigenvalue weighted by Crippen LogP contribution is 2.23. The topological polar surface area (TPSA) is 55.8 Å². The Morgan fingerprint density at radius 1 is 0.842 bits per heavy atom. The molecule has 38 heavy (non-hydrogen) atoms. The van der Waals surface area contributed by atoms with Crippen molar-refractivity contribution in [1.29, 1.82) is 0 Å². The molecule has 0 fully saturated rings. The van der Waals surface area contributed by atoms with Crippen LogP contribution in [0, 0.1) is 0 Å². The van der Waals surface area contributed by atoms with Gasteiger partial charge >= 0.3 is 12.1 Å². The Bertz CT molecular complexity index is 940. The zero-order valence-electron chi connectivity index (χ0n) is 24.0. The van der Waals surface area contributed by atoms with Crippen molar-refractivity contribution in [1.82, 2.24) is 4.90 Å². The molecule has 0 heterocycles. The molecule has 1 atom stereocenters. The average molecular weight is 542 g/mol. The van der Waals surface area contributed by atoms with Gasteiger partial charge in [0.2, 0.25) is 0 Å². The summed E-state index contributed by atoms with van der Waals surface area (Å²) in [4.78, 5) is 27.3. The molecule has 0 saturated carbocycles. The second-order valence-electron chi connectivity index (χ2n) is 10.7. The van der Waals surface area contributed by atoms with Crippen LogP contribution in [0.3, 0.4) is 0 Å². The molecule has 5 nitrogen and oxygen atoms in total. The van der Waals surface area contributed by atoms with Gasteiger partial charge in [-0.15, -0.1) is 11.8 Å². The number of benzene rings is 2. The third kappa shape index (κ3) is 12.9. The van der Waals surface area contributed by atoms with Gasteiger partial charge in [0.15, 0.2) is 0 Å². The van der Waals surface area contributed by atoms with E-state index in [0.29, 0.717) is 19.6 Å². The van der Waals surface area contributed by atoms with E-state index in [9.17, 15) is 9.59 Å². The number of carbonyl (C=O) groups excluding carboxylic acids is 2. The summed E-state index contributed by atoms with van der Waals surface area (Å²) in [7, 11) is 0. The third-order valence-electron chi connectivity index (χ3n) is 6.14. The molecule has 210 valence electrons. The maximum absolute atomic E-state index is 12.8. The van der Waals surface area contributed by atoms with Crippen molar-refractivity contribution in [3.8, 4) is 0 Å². The van der Waals surface area contributed by atoms with E-state index in [4.69, 9.17) is 9.47 Å². The summed E-state index contributed by atoms with van der Waals surface area (Å²) in [6, 6.07) is 18.6. The Morgan fingerprint density at radius 3 is 2.13 bits per heavy atom. The summed E-state index contributed by atoms with van der Waals surface area (Å²) in [6.07, 6.45) is 6.92. The van der Waals surface area contributed by atoms with Crippen LogP contribution >= 0.6 is 11.8 Å². The Hall–Kier alpha value is -2.47. The van der Waals surface area contributed by atoms with Crippen LogP contribution in [-0.2, 0) is 32.9 Å². The van der Waals surface area contributed by atoms with Crippen molar-refractivity contribution >= 4 is 23.8 Å². The van der Waals surface area contributed by atoms with Crippen LogP contribution in [0.5, 0.6) is 0 Å². The highest BCUT2D eigenvalue weighted by Gasteiger charge is 2.23. The van der Waals surface area contributed by atoms with E-state index in [1.54, 1.807) is 11.8 Å². The van der Waals surface area contributed by atoms with Gasteiger partial charge in [0.1, 0.15) is 10.9 Å². The van der Waals surface area contributed by atoms with E-state index in [2.05, 4.69) is 43.3 Å². The molecule has 0 bridgehead atoms. The van der Waals surface area contributed by atoms with Gasteiger partial charge in [-0.1, -0.05) is 87.2 Å². The molecule has 0 radical (unpaired) electrons. The molecule has 6 heteroatoms. The number of ether oxygens (including phenoxy) is 2. The smallest absolute Gasteiger partial charge is 0.410 e. The first-order valence-corrected chi connectivity index (χ1v) is 15.1. The maximum Gasteiger partial charge on any atom is 0.410 e. The standard InChI is InChI=1S/C32H47NO4S/c1-6-8-9-10-14-22-33(31(35)37-32(3,4)5)23-21-26-17-19-27(20-18-26)24-29(30(34)36-7-2)38-25-28-15-12-11-13-16-28/h11-13,15-20,29H,6-10,14,21-25H2,1-5H3. The van der Waals surface area contributed by atoms with Crippen molar-refractivity contribution in [2.24, 2.45) is 0 Å². The number of hydrogen-bond donors (Lipinski definition) is 0. The molecule has 0 aliphatic carbocycles. The monoisotopic (exact) mass is 541 g/mol. The van der Waals surface area contributed by atoms with Crippen LogP contribution in [-0.4, -0.2) is 47.5 Å². The summed E-state index contributed by atoms with van der Waals surface area (Å²) in [6.45, 7) is 11.5. The molecule has 2 aromatic rings. The first kappa shape index (κ1) is 31.7. The molecule has 0 aromatic heterocycles. The molecule has 0 saturated heterocycles. The lowest BCUT2D eigenvalue weighted by molar-refractivity contribution is -0.142. The van der Waals surface area contributed by atoms with Crippen LogP contribution < -0.4 is 0 Å². The number of carbonyl (C=O) groups is 2. The highest BCUT2D eigenvalue weighted by molar-refractivity contribution is 7.99. The molecule has 0 spiro atoms. The first-order chi connectivity index (χ1) is 18.2. The fourth-order valence-corrected chi connectivity index (χ4v) is 5.16. The Kier molecular flexibility index (Phi) is 14.4. The maximum atomic E-state index is 12.8. The van der Waals surface area contributed by atoms with E-state index in [1.165, 1.54) is 24.8 Å². The SMILES string of the molecule is CCCCCCCN(CCc1ccc(CC(SCc2ccccc2)C(=O)OCC)cc1)C(=O)OC(C)(C)C. The van der Waals surface area contributed by atoms with Crippen molar-refractivity contribution in [3.63, 3.8) is 0 Å². The molecule has 1 amide bonds. The Balaban J connectivity index is 1.96. The van der Waals surface area contributed by atoms with Crippen molar-refractivity contribution in [2.75, 3.05) is 19.7 Å². The summed E-state index contributed by atoms with van der Waals surface area (Å²) in [5.74, 6) is 0.603. The van der Waals surface area contributed by atoms with Gasteiger partial charge in [-0.3, -0.25) is 4.79 Å². The van der Waals surface area contributed by atoms with E-state index < -0.39 is 5.60 Å². The van der Waals surface area contributed by atoms with Gasteiger partial charge in [0.25, 0.3) is 0 Å². The van der Waals surface area contributed by atoms with Crippen molar-refractivity contribution in [2.45, 2.75) is 96.2 Å². The Labute approximate surface area is 234 Å². The molecular formula is C32H47NO4S. The zero-order chi connectivity index (χ0) is 27.8. The number of thioether (sulfide) groups is 1. The quantitative estimate of drug-likeness (QED) is 0.160. The number of esters is 1. The van der Waals surface area contributed by atoms with E-state index in [1.807, 2.05) is 50.8 Å². The minimum absolute atomic E-state index is 0.163. The molecule has 2 rings (SSSR count). The summed E-state index contributed by atoms with van der Waals surface area (Å²) < 4.78 is 11.0. The van der Waals surface area contributed by atoms with Crippen molar-refractivity contribution in [3.05, 3.63) is 71.3 Å². The largest absolute Gasteiger partial charge is 0.465 e. The van der Waals surface area contributed by atoms with E-state index in [-0.39, 0.29) is 17.3 Å². The second-order valence-corrected chi connectivity index (χ2v) is 11.9.